The predicted molar refractivity (Wildman–Crippen MR) is 46.6 cm³/mol. The van der Waals surface area contributed by atoms with E-state index in [1.54, 1.807) is 6.92 Å². The van der Waals surface area contributed by atoms with Crippen LogP contribution in [0.25, 0.3) is 0 Å². The van der Waals surface area contributed by atoms with Crippen LogP contribution < -0.4 is 0 Å². The van der Waals surface area contributed by atoms with E-state index in [2.05, 4.69) is 9.99 Å². The first-order valence-corrected chi connectivity index (χ1v) is 4.60. The maximum atomic E-state index is 11.1. The lowest BCUT2D eigenvalue weighted by atomic mass is 9.63. The molecule has 14 heavy (non-hydrogen) atoms. The van der Waals surface area contributed by atoms with Crippen molar-refractivity contribution in [3.63, 3.8) is 0 Å². The van der Waals surface area contributed by atoms with Crippen LogP contribution in [0.5, 0.6) is 0 Å². The van der Waals surface area contributed by atoms with Gasteiger partial charge in [0.2, 0.25) is 0 Å². The zero-order chi connectivity index (χ0) is 10.3. The van der Waals surface area contributed by atoms with Crippen molar-refractivity contribution in [3.8, 4) is 0 Å². The van der Waals surface area contributed by atoms with Crippen LogP contribution in [-0.4, -0.2) is 22.8 Å². The fourth-order valence-electron chi connectivity index (χ4n) is 1.98. The maximum absolute atomic E-state index is 11.1. The largest absolute Gasteiger partial charge is 0.481 e. The van der Waals surface area contributed by atoms with Gasteiger partial charge in [-0.05, 0) is 19.8 Å². The molecule has 1 heterocycles. The van der Waals surface area contributed by atoms with Crippen molar-refractivity contribution in [3.05, 3.63) is 0 Å². The van der Waals surface area contributed by atoms with Crippen molar-refractivity contribution in [1.29, 1.82) is 0 Å². The molecular weight excluding hydrogens is 186 g/mol. The second-order valence-corrected chi connectivity index (χ2v) is 3.85. The first-order valence-electron chi connectivity index (χ1n) is 4.60. The van der Waals surface area contributed by atoms with Gasteiger partial charge in [0.1, 0.15) is 5.41 Å². The van der Waals surface area contributed by atoms with Gasteiger partial charge in [-0.25, -0.2) is 4.79 Å². The van der Waals surface area contributed by atoms with E-state index in [4.69, 9.17) is 5.11 Å². The van der Waals surface area contributed by atoms with Crippen LogP contribution in [-0.2, 0) is 14.4 Å². The van der Waals surface area contributed by atoms with Gasteiger partial charge >= 0.3 is 11.9 Å². The van der Waals surface area contributed by atoms with Gasteiger partial charge in [0.05, 0.1) is 11.6 Å². The van der Waals surface area contributed by atoms with E-state index in [1.807, 2.05) is 0 Å². The molecule has 0 aromatic heterocycles. The van der Waals surface area contributed by atoms with Crippen LogP contribution in [0.4, 0.5) is 0 Å². The van der Waals surface area contributed by atoms with E-state index in [9.17, 15) is 9.59 Å². The molecule has 1 N–H and O–H groups in total. The number of carboxylic acids is 1. The van der Waals surface area contributed by atoms with Crippen molar-refractivity contribution in [2.75, 3.05) is 0 Å². The third-order valence-electron chi connectivity index (χ3n) is 3.10. The molecule has 1 fully saturated rings. The smallest absolute Gasteiger partial charge is 0.343 e. The summed E-state index contributed by atoms with van der Waals surface area (Å²) in [6.45, 7) is 1.64. The Morgan fingerprint density at radius 2 is 2.29 bits per heavy atom. The fraction of sp³-hybridized carbons (Fsp3) is 0.667. The second kappa shape index (κ2) is 2.80. The maximum Gasteiger partial charge on any atom is 0.343 e. The summed E-state index contributed by atoms with van der Waals surface area (Å²) in [5, 5.41) is 12.7. The monoisotopic (exact) mass is 197 g/mol. The van der Waals surface area contributed by atoms with Crippen LogP contribution in [0.2, 0.25) is 0 Å². The molecule has 0 aromatic carbocycles. The predicted octanol–water partition coefficient (Wildman–Crippen LogP) is 0.790. The Bertz CT molecular complexity index is 330. The Balaban J connectivity index is 2.30. The van der Waals surface area contributed by atoms with E-state index < -0.39 is 23.3 Å². The lowest BCUT2D eigenvalue weighted by Gasteiger charge is -2.37. The minimum atomic E-state index is -0.925. The fourth-order valence-corrected chi connectivity index (χ4v) is 1.98. The summed E-state index contributed by atoms with van der Waals surface area (Å²) in [5.74, 6) is -1.86. The number of carbonyl (C=O) groups is 2. The van der Waals surface area contributed by atoms with Gasteiger partial charge in [-0.1, -0.05) is 11.6 Å². The number of hydrogen-bond acceptors (Lipinski definition) is 4. The molecule has 0 saturated heterocycles. The summed E-state index contributed by atoms with van der Waals surface area (Å²) < 4.78 is 0. The topological polar surface area (TPSA) is 76.0 Å². The Morgan fingerprint density at radius 1 is 1.64 bits per heavy atom. The SMILES string of the molecule is CC1C(=O)ON=C1C1(C(=O)O)CCC1. The third-order valence-corrected chi connectivity index (χ3v) is 3.10. The summed E-state index contributed by atoms with van der Waals surface area (Å²) in [6.07, 6.45) is 1.98. The average Bonchev–Trinajstić information content (AvgIpc) is 2.33. The van der Waals surface area contributed by atoms with Crippen LogP contribution >= 0.6 is 0 Å². The molecule has 5 nitrogen and oxygen atoms in total. The summed E-state index contributed by atoms with van der Waals surface area (Å²) >= 11 is 0. The molecule has 1 aliphatic carbocycles. The third kappa shape index (κ3) is 0.981. The van der Waals surface area contributed by atoms with Gasteiger partial charge in [-0.3, -0.25) is 4.79 Å². The van der Waals surface area contributed by atoms with E-state index in [0.717, 1.165) is 6.42 Å². The van der Waals surface area contributed by atoms with Gasteiger partial charge in [-0.15, -0.1) is 0 Å². The molecule has 0 bridgehead atoms. The Hall–Kier alpha value is -1.39. The first-order chi connectivity index (χ1) is 6.58. The van der Waals surface area contributed by atoms with Crippen molar-refractivity contribution in [2.24, 2.45) is 16.5 Å². The molecule has 0 amide bonds. The highest BCUT2D eigenvalue weighted by Crippen LogP contribution is 2.45. The minimum absolute atomic E-state index is 0.390. The average molecular weight is 197 g/mol. The Labute approximate surface area is 80.7 Å². The molecule has 2 aliphatic rings. The number of carbonyl (C=O) groups excluding carboxylic acids is 1. The van der Waals surface area contributed by atoms with Gasteiger partial charge in [0, 0.05) is 0 Å². The summed E-state index contributed by atoms with van der Waals surface area (Å²) in [6, 6.07) is 0. The number of nitrogens with zero attached hydrogens (tertiary/aromatic N) is 1. The standard InChI is InChI=1S/C9H11NO4/c1-5-6(10-14-7(5)11)9(8(12)13)3-2-4-9/h5H,2-4H2,1H3,(H,12,13). The number of aliphatic carboxylic acids is 1. The second-order valence-electron chi connectivity index (χ2n) is 3.85. The molecule has 0 aromatic rings. The van der Waals surface area contributed by atoms with E-state index in [1.165, 1.54) is 0 Å². The highest BCUT2D eigenvalue weighted by atomic mass is 16.7. The quantitative estimate of drug-likeness (QED) is 0.664. The Kier molecular flexibility index (Phi) is 1.83. The summed E-state index contributed by atoms with van der Waals surface area (Å²) in [5.41, 5.74) is -0.535. The summed E-state index contributed by atoms with van der Waals surface area (Å²) in [4.78, 5) is 26.7. The molecule has 5 heteroatoms. The summed E-state index contributed by atoms with van der Waals surface area (Å²) in [7, 11) is 0. The molecule has 1 saturated carbocycles. The van der Waals surface area contributed by atoms with Gasteiger partial charge in [0.25, 0.3) is 0 Å². The highest BCUT2D eigenvalue weighted by molar-refractivity contribution is 6.16. The van der Waals surface area contributed by atoms with E-state index >= 15 is 0 Å². The Morgan fingerprint density at radius 3 is 2.57 bits per heavy atom. The van der Waals surface area contributed by atoms with E-state index in [-0.39, 0.29) is 0 Å². The lowest BCUT2D eigenvalue weighted by molar-refractivity contribution is -0.148. The van der Waals surface area contributed by atoms with Crippen molar-refractivity contribution >= 4 is 17.7 Å². The molecule has 2 rings (SSSR count). The minimum Gasteiger partial charge on any atom is -0.481 e. The molecule has 0 spiro atoms. The van der Waals surface area contributed by atoms with Crippen molar-refractivity contribution in [1.82, 2.24) is 0 Å². The zero-order valence-electron chi connectivity index (χ0n) is 7.82. The van der Waals surface area contributed by atoms with Gasteiger partial charge in [0.15, 0.2) is 0 Å². The number of hydrogen-bond donors (Lipinski definition) is 1. The van der Waals surface area contributed by atoms with Crippen molar-refractivity contribution < 1.29 is 19.5 Å². The van der Waals surface area contributed by atoms with Crippen LogP contribution in [0.3, 0.4) is 0 Å². The number of carboxylic acid groups (broad SMARTS) is 1. The zero-order valence-corrected chi connectivity index (χ0v) is 7.82. The van der Waals surface area contributed by atoms with Gasteiger partial charge < -0.3 is 9.94 Å². The van der Waals surface area contributed by atoms with Gasteiger partial charge in [-0.2, -0.15) is 0 Å². The van der Waals surface area contributed by atoms with Crippen molar-refractivity contribution in [2.45, 2.75) is 26.2 Å². The molecular formula is C9H11NO4. The van der Waals surface area contributed by atoms with E-state index in [0.29, 0.717) is 18.6 Å². The molecule has 1 atom stereocenters. The highest BCUT2D eigenvalue weighted by Gasteiger charge is 2.54. The molecule has 1 unspecified atom stereocenters. The number of oxime groups is 1. The van der Waals surface area contributed by atoms with Crippen LogP contribution in [0, 0.1) is 11.3 Å². The first kappa shape index (κ1) is 9.18. The molecule has 1 aliphatic heterocycles. The van der Waals surface area contributed by atoms with Crippen LogP contribution in [0.1, 0.15) is 26.2 Å². The van der Waals surface area contributed by atoms with Crippen LogP contribution in [0.15, 0.2) is 5.16 Å². The lowest BCUT2D eigenvalue weighted by Crippen LogP contribution is -2.47. The molecule has 76 valence electrons. The number of rotatable bonds is 2. The molecule has 0 radical (unpaired) electrons. The normalized spacial score (nSPS) is 29.1.